The van der Waals surface area contributed by atoms with Crippen LogP contribution in [0.15, 0.2) is 61.2 Å². The lowest BCUT2D eigenvalue weighted by Crippen LogP contribution is -2.26. The summed E-state index contributed by atoms with van der Waals surface area (Å²) in [6.07, 6.45) is 1.67. The largest absolute Gasteiger partial charge is 0.490 e. The molecule has 0 aromatic heterocycles. The van der Waals surface area contributed by atoms with Gasteiger partial charge in [0.2, 0.25) is 0 Å². The van der Waals surface area contributed by atoms with Crippen molar-refractivity contribution in [3.05, 3.63) is 77.9 Å². The summed E-state index contributed by atoms with van der Waals surface area (Å²) in [6.45, 7) is 4.47. The van der Waals surface area contributed by atoms with Crippen LogP contribution in [0.5, 0.6) is 5.75 Å². The van der Waals surface area contributed by atoms with Crippen LogP contribution in [-0.2, 0) is 6.54 Å². The highest BCUT2D eigenvalue weighted by Gasteiger charge is 2.12. The van der Waals surface area contributed by atoms with Crippen molar-refractivity contribution in [3.8, 4) is 11.8 Å². The van der Waals surface area contributed by atoms with E-state index in [4.69, 9.17) is 10.00 Å². The fourth-order valence-electron chi connectivity index (χ4n) is 2.15. The van der Waals surface area contributed by atoms with Gasteiger partial charge in [0.1, 0.15) is 12.4 Å². The first kappa shape index (κ1) is 16.3. The van der Waals surface area contributed by atoms with E-state index < -0.39 is 0 Å². The number of carbonyl (C=O) groups is 1. The average molecular weight is 306 g/mol. The van der Waals surface area contributed by atoms with Gasteiger partial charge in [-0.1, -0.05) is 24.8 Å². The molecule has 2 aromatic carbocycles. The molecule has 0 bridgehead atoms. The summed E-state index contributed by atoms with van der Waals surface area (Å²) in [4.78, 5) is 14.1. The van der Waals surface area contributed by atoms with E-state index in [0.717, 1.165) is 5.56 Å². The standard InChI is InChI=1S/C19H18N2O2/c1-3-11-23-18-9-7-17(8-10-18)19(22)21(2)14-16-6-4-5-15(12-16)13-20/h3-10,12H,1,11,14H2,2H3. The van der Waals surface area contributed by atoms with E-state index in [0.29, 0.717) is 30.0 Å². The van der Waals surface area contributed by atoms with Crippen molar-refractivity contribution in [2.75, 3.05) is 13.7 Å². The molecule has 0 radical (unpaired) electrons. The SMILES string of the molecule is C=CCOc1ccc(C(=O)N(C)Cc2cccc(C#N)c2)cc1. The van der Waals surface area contributed by atoms with Gasteiger partial charge in [-0.2, -0.15) is 5.26 Å². The van der Waals surface area contributed by atoms with Gasteiger partial charge in [0.15, 0.2) is 0 Å². The van der Waals surface area contributed by atoms with Crippen molar-refractivity contribution in [3.63, 3.8) is 0 Å². The van der Waals surface area contributed by atoms with Gasteiger partial charge in [-0.05, 0) is 42.0 Å². The molecule has 0 spiro atoms. The maximum absolute atomic E-state index is 12.4. The highest BCUT2D eigenvalue weighted by Crippen LogP contribution is 2.15. The fraction of sp³-hybridized carbons (Fsp3) is 0.158. The highest BCUT2D eigenvalue weighted by molar-refractivity contribution is 5.94. The minimum Gasteiger partial charge on any atom is -0.490 e. The molecule has 1 amide bonds. The topological polar surface area (TPSA) is 53.3 Å². The number of amides is 1. The zero-order valence-electron chi connectivity index (χ0n) is 13.0. The minimum atomic E-state index is -0.0809. The molecule has 0 aliphatic rings. The molecule has 4 heteroatoms. The van der Waals surface area contributed by atoms with Crippen LogP contribution in [0.4, 0.5) is 0 Å². The molecule has 0 N–H and O–H groups in total. The second-order valence-corrected chi connectivity index (χ2v) is 5.10. The molecular weight excluding hydrogens is 288 g/mol. The molecule has 0 aliphatic carbocycles. The number of nitrogens with zero attached hydrogens (tertiary/aromatic N) is 2. The Bertz CT molecular complexity index is 730. The fourth-order valence-corrected chi connectivity index (χ4v) is 2.15. The second-order valence-electron chi connectivity index (χ2n) is 5.10. The number of benzene rings is 2. The van der Waals surface area contributed by atoms with E-state index >= 15 is 0 Å². The summed E-state index contributed by atoms with van der Waals surface area (Å²) >= 11 is 0. The molecule has 23 heavy (non-hydrogen) atoms. The Morgan fingerprint density at radius 3 is 2.70 bits per heavy atom. The van der Waals surface area contributed by atoms with Crippen LogP contribution in [0.3, 0.4) is 0 Å². The summed E-state index contributed by atoms with van der Waals surface area (Å²) in [6, 6.07) is 16.4. The third kappa shape index (κ3) is 4.45. The lowest BCUT2D eigenvalue weighted by atomic mass is 10.1. The van der Waals surface area contributed by atoms with Crippen LogP contribution < -0.4 is 4.74 Å². The van der Waals surface area contributed by atoms with Gasteiger partial charge in [-0.15, -0.1) is 0 Å². The van der Waals surface area contributed by atoms with Crippen molar-refractivity contribution in [2.24, 2.45) is 0 Å². The molecule has 0 heterocycles. The quantitative estimate of drug-likeness (QED) is 0.769. The zero-order chi connectivity index (χ0) is 16.7. The van der Waals surface area contributed by atoms with Gasteiger partial charge in [0.05, 0.1) is 11.6 Å². The van der Waals surface area contributed by atoms with Crippen LogP contribution in [-0.4, -0.2) is 24.5 Å². The molecule has 0 saturated heterocycles. The highest BCUT2D eigenvalue weighted by atomic mass is 16.5. The predicted octanol–water partition coefficient (Wildman–Crippen LogP) is 3.40. The number of carbonyl (C=O) groups excluding carboxylic acids is 1. The number of rotatable bonds is 6. The van der Waals surface area contributed by atoms with Crippen molar-refractivity contribution in [2.45, 2.75) is 6.54 Å². The number of hydrogen-bond acceptors (Lipinski definition) is 3. The first-order valence-electron chi connectivity index (χ1n) is 7.22. The van der Waals surface area contributed by atoms with E-state index in [1.165, 1.54) is 0 Å². The van der Waals surface area contributed by atoms with E-state index in [-0.39, 0.29) is 5.91 Å². The summed E-state index contributed by atoms with van der Waals surface area (Å²) in [7, 11) is 1.74. The number of ether oxygens (including phenoxy) is 1. The summed E-state index contributed by atoms with van der Waals surface area (Å²) in [5.74, 6) is 0.619. The third-order valence-electron chi connectivity index (χ3n) is 3.29. The summed E-state index contributed by atoms with van der Waals surface area (Å²) in [5, 5.41) is 8.92. The van der Waals surface area contributed by atoms with Gasteiger partial charge < -0.3 is 9.64 Å². The van der Waals surface area contributed by atoms with Crippen molar-refractivity contribution < 1.29 is 9.53 Å². The molecule has 2 aromatic rings. The van der Waals surface area contributed by atoms with Crippen LogP contribution in [0.1, 0.15) is 21.5 Å². The van der Waals surface area contributed by atoms with Gasteiger partial charge in [-0.25, -0.2) is 0 Å². The molecule has 0 saturated carbocycles. The normalized spacial score (nSPS) is 9.74. The molecule has 0 aliphatic heterocycles. The van der Waals surface area contributed by atoms with Crippen molar-refractivity contribution in [1.29, 1.82) is 5.26 Å². The maximum Gasteiger partial charge on any atom is 0.253 e. The van der Waals surface area contributed by atoms with Crippen molar-refractivity contribution in [1.82, 2.24) is 4.90 Å². The molecule has 116 valence electrons. The second kappa shape index (κ2) is 7.81. The number of nitriles is 1. The minimum absolute atomic E-state index is 0.0809. The molecule has 0 fully saturated rings. The maximum atomic E-state index is 12.4. The summed E-state index contributed by atoms with van der Waals surface area (Å²) in [5.41, 5.74) is 2.10. The summed E-state index contributed by atoms with van der Waals surface area (Å²) < 4.78 is 5.40. The molecular formula is C19H18N2O2. The third-order valence-corrected chi connectivity index (χ3v) is 3.29. The van der Waals surface area contributed by atoms with Crippen LogP contribution in [0, 0.1) is 11.3 Å². The Balaban J connectivity index is 2.04. The zero-order valence-corrected chi connectivity index (χ0v) is 13.0. The van der Waals surface area contributed by atoms with Gasteiger partial charge in [0, 0.05) is 19.2 Å². The number of hydrogen-bond donors (Lipinski definition) is 0. The van der Waals surface area contributed by atoms with E-state index in [1.807, 2.05) is 12.1 Å². The van der Waals surface area contributed by atoms with Crippen molar-refractivity contribution >= 4 is 5.91 Å². The average Bonchev–Trinajstić information content (AvgIpc) is 2.60. The Labute approximate surface area is 136 Å². The predicted molar refractivity (Wildman–Crippen MR) is 89.1 cm³/mol. The van der Waals surface area contributed by atoms with Gasteiger partial charge >= 0.3 is 0 Å². The van der Waals surface area contributed by atoms with Crippen LogP contribution in [0.25, 0.3) is 0 Å². The van der Waals surface area contributed by atoms with Gasteiger partial charge in [0.25, 0.3) is 5.91 Å². The van der Waals surface area contributed by atoms with Crippen LogP contribution in [0.2, 0.25) is 0 Å². The lowest BCUT2D eigenvalue weighted by molar-refractivity contribution is 0.0785. The lowest BCUT2D eigenvalue weighted by Gasteiger charge is -2.17. The van der Waals surface area contributed by atoms with Gasteiger partial charge in [-0.3, -0.25) is 4.79 Å². The van der Waals surface area contributed by atoms with E-state index in [9.17, 15) is 4.79 Å². The Morgan fingerprint density at radius 2 is 2.04 bits per heavy atom. The first-order chi connectivity index (χ1) is 11.1. The molecule has 4 nitrogen and oxygen atoms in total. The van der Waals surface area contributed by atoms with Crippen LogP contribution >= 0.6 is 0 Å². The monoisotopic (exact) mass is 306 g/mol. The molecule has 0 unspecified atom stereocenters. The Kier molecular flexibility index (Phi) is 5.54. The molecule has 0 atom stereocenters. The first-order valence-corrected chi connectivity index (χ1v) is 7.22. The Morgan fingerprint density at radius 1 is 1.30 bits per heavy atom. The smallest absolute Gasteiger partial charge is 0.253 e. The van der Waals surface area contributed by atoms with E-state index in [1.54, 1.807) is 54.4 Å². The van der Waals surface area contributed by atoms with E-state index in [2.05, 4.69) is 12.6 Å². The Hall–Kier alpha value is -3.06. The molecule has 2 rings (SSSR count).